The number of hydrogen-bond donors (Lipinski definition) is 2. The molecule has 1 aliphatic rings. The van der Waals surface area contributed by atoms with Crippen LogP contribution in [0.4, 0.5) is 0 Å². The van der Waals surface area contributed by atoms with E-state index in [0.29, 0.717) is 6.54 Å². The van der Waals surface area contributed by atoms with Crippen LogP contribution in [-0.2, 0) is 16.0 Å². The molecule has 0 aromatic heterocycles. The average Bonchev–Trinajstić information content (AvgIpc) is 2.53. The van der Waals surface area contributed by atoms with Gasteiger partial charge in [-0.2, -0.15) is 0 Å². The van der Waals surface area contributed by atoms with Crippen LogP contribution in [-0.4, -0.2) is 24.4 Å². The molecule has 1 aromatic carbocycles. The predicted octanol–water partition coefficient (Wildman–Crippen LogP) is 2.57. The van der Waals surface area contributed by atoms with E-state index >= 15 is 0 Å². The third kappa shape index (κ3) is 6.29. The second kappa shape index (κ2) is 9.23. The Morgan fingerprint density at radius 1 is 1.00 bits per heavy atom. The second-order valence-corrected chi connectivity index (χ2v) is 6.02. The molecule has 0 spiro atoms. The van der Waals surface area contributed by atoms with Crippen LogP contribution in [0.5, 0.6) is 0 Å². The molecule has 0 atom stereocenters. The number of benzene rings is 1. The second-order valence-electron chi connectivity index (χ2n) is 6.02. The lowest BCUT2D eigenvalue weighted by Crippen LogP contribution is -2.39. The minimum Gasteiger partial charge on any atom is -0.356 e. The summed E-state index contributed by atoms with van der Waals surface area (Å²) < 4.78 is 0. The lowest BCUT2D eigenvalue weighted by atomic mass is 9.95. The maximum Gasteiger partial charge on any atom is 0.229 e. The first-order valence-corrected chi connectivity index (χ1v) is 8.34. The molecule has 1 aromatic rings. The fourth-order valence-corrected chi connectivity index (χ4v) is 2.90. The Morgan fingerprint density at radius 3 is 2.45 bits per heavy atom. The number of amides is 2. The van der Waals surface area contributed by atoms with Crippen molar-refractivity contribution < 1.29 is 9.59 Å². The van der Waals surface area contributed by atoms with Gasteiger partial charge in [0, 0.05) is 12.6 Å². The summed E-state index contributed by atoms with van der Waals surface area (Å²) in [6, 6.07) is 10.5. The van der Waals surface area contributed by atoms with Crippen molar-refractivity contribution in [3.8, 4) is 0 Å². The maximum absolute atomic E-state index is 11.8. The standard InChI is InChI=1S/C18H26N2O2/c21-17(14-18(22)20-16-11-5-2-6-12-16)19-13-7-10-15-8-3-1-4-9-15/h1,3-4,8-9,16H,2,5-7,10-14H2,(H,19,21)(H,20,22). The van der Waals surface area contributed by atoms with Gasteiger partial charge in [0.05, 0.1) is 0 Å². The highest BCUT2D eigenvalue weighted by atomic mass is 16.2. The Bertz CT molecular complexity index is 467. The van der Waals surface area contributed by atoms with E-state index in [2.05, 4.69) is 22.8 Å². The molecular weight excluding hydrogens is 276 g/mol. The predicted molar refractivity (Wildman–Crippen MR) is 87.4 cm³/mol. The summed E-state index contributed by atoms with van der Waals surface area (Å²) in [6.45, 7) is 0.616. The normalized spacial score (nSPS) is 15.3. The van der Waals surface area contributed by atoms with E-state index in [1.807, 2.05) is 18.2 Å². The van der Waals surface area contributed by atoms with E-state index in [1.165, 1.54) is 24.8 Å². The molecule has 0 aliphatic heterocycles. The smallest absolute Gasteiger partial charge is 0.229 e. The largest absolute Gasteiger partial charge is 0.356 e. The van der Waals surface area contributed by atoms with Gasteiger partial charge < -0.3 is 10.6 Å². The van der Waals surface area contributed by atoms with Crippen LogP contribution in [0.1, 0.15) is 50.5 Å². The molecule has 120 valence electrons. The first-order valence-electron chi connectivity index (χ1n) is 8.34. The molecule has 1 saturated carbocycles. The van der Waals surface area contributed by atoms with Gasteiger partial charge in [0.2, 0.25) is 11.8 Å². The Balaban J connectivity index is 1.56. The first-order chi connectivity index (χ1) is 10.7. The molecule has 0 saturated heterocycles. The van der Waals surface area contributed by atoms with Gasteiger partial charge in [-0.05, 0) is 31.2 Å². The van der Waals surface area contributed by atoms with Crippen molar-refractivity contribution in [3.63, 3.8) is 0 Å². The van der Waals surface area contributed by atoms with Crippen LogP contribution in [0.3, 0.4) is 0 Å². The molecular formula is C18H26N2O2. The molecule has 1 aliphatic carbocycles. The molecule has 4 heteroatoms. The van der Waals surface area contributed by atoms with Crippen molar-refractivity contribution in [2.75, 3.05) is 6.54 Å². The highest BCUT2D eigenvalue weighted by Crippen LogP contribution is 2.17. The van der Waals surface area contributed by atoms with Crippen LogP contribution in [0, 0.1) is 0 Å². The zero-order valence-corrected chi connectivity index (χ0v) is 13.1. The van der Waals surface area contributed by atoms with E-state index in [1.54, 1.807) is 0 Å². The van der Waals surface area contributed by atoms with E-state index < -0.39 is 0 Å². The summed E-state index contributed by atoms with van der Waals surface area (Å²) in [5.74, 6) is -0.325. The number of rotatable bonds is 7. The van der Waals surface area contributed by atoms with Gasteiger partial charge in [0.1, 0.15) is 6.42 Å². The van der Waals surface area contributed by atoms with E-state index in [9.17, 15) is 9.59 Å². The SMILES string of the molecule is O=C(CC(=O)NC1CCCCC1)NCCCc1ccccc1. The fourth-order valence-electron chi connectivity index (χ4n) is 2.90. The van der Waals surface area contributed by atoms with E-state index in [-0.39, 0.29) is 24.3 Å². The number of carbonyl (C=O) groups is 2. The van der Waals surface area contributed by atoms with Crippen LogP contribution < -0.4 is 10.6 Å². The lowest BCUT2D eigenvalue weighted by molar-refractivity contribution is -0.129. The number of carbonyl (C=O) groups excluding carboxylic acids is 2. The van der Waals surface area contributed by atoms with Crippen molar-refractivity contribution in [2.24, 2.45) is 0 Å². The Labute approximate surface area is 132 Å². The number of aryl methyl sites for hydroxylation is 1. The van der Waals surface area contributed by atoms with Crippen LogP contribution in [0.25, 0.3) is 0 Å². The Kier molecular flexibility index (Phi) is 6.94. The highest BCUT2D eigenvalue weighted by Gasteiger charge is 2.17. The number of hydrogen-bond acceptors (Lipinski definition) is 2. The summed E-state index contributed by atoms with van der Waals surface area (Å²) in [5, 5.41) is 5.79. The zero-order chi connectivity index (χ0) is 15.6. The lowest BCUT2D eigenvalue weighted by Gasteiger charge is -2.22. The third-order valence-electron chi connectivity index (χ3n) is 4.10. The average molecular weight is 302 g/mol. The molecule has 0 heterocycles. The first kappa shape index (κ1) is 16.5. The monoisotopic (exact) mass is 302 g/mol. The summed E-state index contributed by atoms with van der Waals surface area (Å²) in [6.07, 6.45) is 7.48. The van der Waals surface area contributed by atoms with Crippen molar-refractivity contribution in [3.05, 3.63) is 35.9 Å². The fraction of sp³-hybridized carbons (Fsp3) is 0.556. The minimum atomic E-state index is -0.179. The number of nitrogens with one attached hydrogen (secondary N) is 2. The molecule has 0 radical (unpaired) electrons. The van der Waals surface area contributed by atoms with Crippen molar-refractivity contribution >= 4 is 11.8 Å². The molecule has 1 fully saturated rings. The quantitative estimate of drug-likeness (QED) is 0.601. The van der Waals surface area contributed by atoms with Gasteiger partial charge in [-0.15, -0.1) is 0 Å². The molecule has 2 rings (SSSR count). The zero-order valence-electron chi connectivity index (χ0n) is 13.1. The molecule has 0 bridgehead atoms. The summed E-state index contributed by atoms with van der Waals surface area (Å²) in [7, 11) is 0. The van der Waals surface area contributed by atoms with Gasteiger partial charge >= 0.3 is 0 Å². The Morgan fingerprint density at radius 2 is 1.73 bits per heavy atom. The summed E-state index contributed by atoms with van der Waals surface area (Å²) in [4.78, 5) is 23.5. The third-order valence-corrected chi connectivity index (χ3v) is 4.10. The maximum atomic E-state index is 11.8. The molecule has 0 unspecified atom stereocenters. The van der Waals surface area contributed by atoms with Crippen LogP contribution in [0.15, 0.2) is 30.3 Å². The van der Waals surface area contributed by atoms with Gasteiger partial charge in [-0.25, -0.2) is 0 Å². The van der Waals surface area contributed by atoms with E-state index in [0.717, 1.165) is 25.7 Å². The van der Waals surface area contributed by atoms with Gasteiger partial charge in [0.25, 0.3) is 0 Å². The van der Waals surface area contributed by atoms with Crippen molar-refractivity contribution in [1.29, 1.82) is 0 Å². The molecule has 2 amide bonds. The minimum absolute atomic E-state index is 0.0537. The van der Waals surface area contributed by atoms with E-state index in [4.69, 9.17) is 0 Å². The molecule has 22 heavy (non-hydrogen) atoms. The van der Waals surface area contributed by atoms with Gasteiger partial charge in [-0.3, -0.25) is 9.59 Å². The topological polar surface area (TPSA) is 58.2 Å². The Hall–Kier alpha value is -1.84. The van der Waals surface area contributed by atoms with Crippen LogP contribution >= 0.6 is 0 Å². The van der Waals surface area contributed by atoms with Crippen molar-refractivity contribution in [2.45, 2.75) is 57.4 Å². The van der Waals surface area contributed by atoms with Crippen LogP contribution in [0.2, 0.25) is 0 Å². The van der Waals surface area contributed by atoms with Crippen molar-refractivity contribution in [1.82, 2.24) is 10.6 Å². The molecule has 4 nitrogen and oxygen atoms in total. The molecule has 2 N–H and O–H groups in total. The van der Waals surface area contributed by atoms with Gasteiger partial charge in [0.15, 0.2) is 0 Å². The summed E-state index contributed by atoms with van der Waals surface area (Å²) >= 11 is 0. The highest BCUT2D eigenvalue weighted by molar-refractivity contribution is 5.96. The summed E-state index contributed by atoms with van der Waals surface area (Å²) in [5.41, 5.74) is 1.27. The van der Waals surface area contributed by atoms with Gasteiger partial charge in [-0.1, -0.05) is 49.6 Å².